The maximum atomic E-state index is 11.0. The molecule has 0 aliphatic carbocycles. The van der Waals surface area contributed by atoms with Gasteiger partial charge in [0.25, 0.3) is 0 Å². The maximum absolute atomic E-state index is 11.0. The topological polar surface area (TPSA) is 49.3 Å². The summed E-state index contributed by atoms with van der Waals surface area (Å²) >= 11 is 3.23. The highest BCUT2D eigenvalue weighted by molar-refractivity contribution is 9.10. The monoisotopic (exact) mass is 241 g/mol. The number of fused-ring (bicyclic) bond motifs is 1. The van der Waals surface area contributed by atoms with E-state index in [9.17, 15) is 9.90 Å². The normalized spacial score (nSPS) is 15.0. The number of phenols is 1. The molecule has 3 nitrogen and oxygen atoms in total. The number of aryl methyl sites for hydroxylation is 1. The van der Waals surface area contributed by atoms with Crippen molar-refractivity contribution < 1.29 is 9.90 Å². The number of phenolic OH excluding ortho intramolecular Hbond substituents is 1. The number of anilines is 1. The first-order valence-electron chi connectivity index (χ1n) is 3.98. The summed E-state index contributed by atoms with van der Waals surface area (Å²) in [5, 5.41) is 12.1. The van der Waals surface area contributed by atoms with Gasteiger partial charge in [-0.1, -0.05) is 0 Å². The van der Waals surface area contributed by atoms with E-state index in [0.717, 1.165) is 17.7 Å². The number of aromatic hydroxyl groups is 1. The molecule has 13 heavy (non-hydrogen) atoms. The number of hydrogen-bond donors (Lipinski definition) is 2. The smallest absolute Gasteiger partial charge is 0.224 e. The van der Waals surface area contributed by atoms with Crippen LogP contribution in [0.15, 0.2) is 16.6 Å². The zero-order chi connectivity index (χ0) is 9.42. The van der Waals surface area contributed by atoms with E-state index in [1.807, 2.05) is 6.07 Å². The molecule has 2 N–H and O–H groups in total. The van der Waals surface area contributed by atoms with Crippen LogP contribution in [0.2, 0.25) is 0 Å². The van der Waals surface area contributed by atoms with Crippen molar-refractivity contribution in [1.82, 2.24) is 0 Å². The fourth-order valence-electron chi connectivity index (χ4n) is 1.39. The minimum absolute atomic E-state index is 0.00854. The molecule has 0 atom stereocenters. The summed E-state index contributed by atoms with van der Waals surface area (Å²) in [6.07, 6.45) is 1.25. The molecule has 1 amide bonds. The van der Waals surface area contributed by atoms with Gasteiger partial charge in [0.15, 0.2) is 0 Å². The molecule has 0 spiro atoms. The first kappa shape index (κ1) is 8.56. The lowest BCUT2D eigenvalue weighted by Gasteiger charge is -2.17. The van der Waals surface area contributed by atoms with Crippen molar-refractivity contribution in [2.75, 3.05) is 5.32 Å². The van der Waals surface area contributed by atoms with Crippen molar-refractivity contribution in [2.24, 2.45) is 0 Å². The third-order valence-corrected chi connectivity index (χ3v) is 2.70. The van der Waals surface area contributed by atoms with E-state index in [-0.39, 0.29) is 11.7 Å². The molecule has 68 valence electrons. The standard InChI is InChI=1S/C9H8BrNO2/c10-6-3-5-1-2-9(13)11-7(5)4-8(6)12/h3-4,12H,1-2H2,(H,11,13). The van der Waals surface area contributed by atoms with E-state index in [1.165, 1.54) is 0 Å². The zero-order valence-electron chi connectivity index (χ0n) is 6.80. The SMILES string of the molecule is O=C1CCc2cc(Br)c(O)cc2N1. The molecule has 0 aromatic heterocycles. The molecule has 0 unspecified atom stereocenters. The van der Waals surface area contributed by atoms with Gasteiger partial charge in [0.05, 0.1) is 4.47 Å². The van der Waals surface area contributed by atoms with Crippen molar-refractivity contribution in [1.29, 1.82) is 0 Å². The molecular weight excluding hydrogens is 234 g/mol. The average Bonchev–Trinajstić information content (AvgIpc) is 2.08. The fourth-order valence-corrected chi connectivity index (χ4v) is 1.78. The van der Waals surface area contributed by atoms with Crippen LogP contribution >= 0.6 is 15.9 Å². The largest absolute Gasteiger partial charge is 0.507 e. The number of hydrogen-bond acceptors (Lipinski definition) is 2. The first-order valence-corrected chi connectivity index (χ1v) is 4.77. The first-order chi connectivity index (χ1) is 6.16. The molecule has 0 radical (unpaired) electrons. The maximum Gasteiger partial charge on any atom is 0.224 e. The summed E-state index contributed by atoms with van der Waals surface area (Å²) in [5.74, 6) is 0.162. The molecular formula is C9H8BrNO2. The molecule has 0 bridgehead atoms. The van der Waals surface area contributed by atoms with E-state index >= 15 is 0 Å². The second-order valence-corrected chi connectivity index (χ2v) is 3.86. The Hall–Kier alpha value is -1.03. The minimum atomic E-state index is 0.00854. The number of carbonyl (C=O) groups is 1. The number of halogens is 1. The highest BCUT2D eigenvalue weighted by atomic mass is 79.9. The summed E-state index contributed by atoms with van der Waals surface area (Å²) in [5.41, 5.74) is 1.78. The summed E-state index contributed by atoms with van der Waals surface area (Å²) < 4.78 is 0.669. The molecule has 4 heteroatoms. The van der Waals surface area contributed by atoms with Gasteiger partial charge in [-0.2, -0.15) is 0 Å². The lowest BCUT2D eigenvalue weighted by atomic mass is 10.0. The summed E-state index contributed by atoms with van der Waals surface area (Å²) in [6, 6.07) is 3.40. The summed E-state index contributed by atoms with van der Waals surface area (Å²) in [6.45, 7) is 0. The van der Waals surface area contributed by atoms with Gasteiger partial charge in [0.2, 0.25) is 5.91 Å². The van der Waals surface area contributed by atoms with Crippen LogP contribution in [0.25, 0.3) is 0 Å². The van der Waals surface area contributed by atoms with E-state index in [2.05, 4.69) is 21.2 Å². The van der Waals surface area contributed by atoms with Crippen LogP contribution in [0.4, 0.5) is 5.69 Å². The van der Waals surface area contributed by atoms with Gasteiger partial charge in [-0.3, -0.25) is 4.79 Å². The van der Waals surface area contributed by atoms with Gasteiger partial charge in [0.1, 0.15) is 5.75 Å². The Morgan fingerprint density at radius 3 is 2.92 bits per heavy atom. The second kappa shape index (κ2) is 3.03. The van der Waals surface area contributed by atoms with Gasteiger partial charge in [-0.25, -0.2) is 0 Å². The molecule has 2 rings (SSSR count). The van der Waals surface area contributed by atoms with E-state index < -0.39 is 0 Å². The average molecular weight is 242 g/mol. The van der Waals surface area contributed by atoms with E-state index in [4.69, 9.17) is 0 Å². The Kier molecular flexibility index (Phi) is 2.00. The van der Waals surface area contributed by atoms with Crippen molar-refractivity contribution in [3.63, 3.8) is 0 Å². The van der Waals surface area contributed by atoms with Crippen LogP contribution in [0.5, 0.6) is 5.75 Å². The van der Waals surface area contributed by atoms with Crippen molar-refractivity contribution in [2.45, 2.75) is 12.8 Å². The molecule has 1 aliphatic rings. The molecule has 1 aromatic rings. The molecule has 0 saturated carbocycles. The lowest BCUT2D eigenvalue weighted by Crippen LogP contribution is -2.18. The van der Waals surface area contributed by atoms with Crippen molar-refractivity contribution in [3.8, 4) is 5.75 Å². The third-order valence-electron chi connectivity index (χ3n) is 2.07. The van der Waals surface area contributed by atoms with Crippen LogP contribution < -0.4 is 5.32 Å². The Labute approximate surface area is 83.9 Å². The molecule has 0 saturated heterocycles. The fraction of sp³-hybridized carbons (Fsp3) is 0.222. The quantitative estimate of drug-likeness (QED) is 0.731. The van der Waals surface area contributed by atoms with Gasteiger partial charge in [-0.05, 0) is 34.0 Å². The second-order valence-electron chi connectivity index (χ2n) is 3.01. The Morgan fingerprint density at radius 1 is 1.38 bits per heavy atom. The number of carbonyl (C=O) groups excluding carboxylic acids is 1. The van der Waals surface area contributed by atoms with Crippen molar-refractivity contribution in [3.05, 3.63) is 22.2 Å². The molecule has 1 heterocycles. The van der Waals surface area contributed by atoms with Gasteiger partial charge in [-0.15, -0.1) is 0 Å². The van der Waals surface area contributed by atoms with Crippen LogP contribution in [0, 0.1) is 0 Å². The van der Waals surface area contributed by atoms with Gasteiger partial charge in [0, 0.05) is 18.2 Å². The van der Waals surface area contributed by atoms with Crippen LogP contribution in [-0.2, 0) is 11.2 Å². The van der Waals surface area contributed by atoms with Gasteiger partial charge < -0.3 is 10.4 Å². The predicted octanol–water partition coefficient (Wildman–Crippen LogP) is 2.04. The Bertz CT molecular complexity index is 376. The molecule has 1 aromatic carbocycles. The number of benzene rings is 1. The summed E-state index contributed by atoms with van der Waals surface area (Å²) in [4.78, 5) is 11.0. The zero-order valence-corrected chi connectivity index (χ0v) is 8.39. The number of amides is 1. The Morgan fingerprint density at radius 2 is 2.15 bits per heavy atom. The van der Waals surface area contributed by atoms with Crippen molar-refractivity contribution >= 4 is 27.5 Å². The van der Waals surface area contributed by atoms with Crippen LogP contribution in [0.3, 0.4) is 0 Å². The Balaban J connectivity index is 2.49. The molecule has 1 aliphatic heterocycles. The highest BCUT2D eigenvalue weighted by Crippen LogP contribution is 2.33. The summed E-state index contributed by atoms with van der Waals surface area (Å²) in [7, 11) is 0. The minimum Gasteiger partial charge on any atom is -0.507 e. The van der Waals surface area contributed by atoms with Crippen LogP contribution in [0.1, 0.15) is 12.0 Å². The third kappa shape index (κ3) is 1.54. The molecule has 0 fully saturated rings. The van der Waals surface area contributed by atoms with E-state index in [0.29, 0.717) is 10.9 Å². The predicted molar refractivity (Wildman–Crippen MR) is 52.8 cm³/mol. The lowest BCUT2D eigenvalue weighted by molar-refractivity contribution is -0.116. The highest BCUT2D eigenvalue weighted by Gasteiger charge is 2.16. The number of rotatable bonds is 0. The van der Waals surface area contributed by atoms with Crippen LogP contribution in [-0.4, -0.2) is 11.0 Å². The number of nitrogens with one attached hydrogen (secondary N) is 1. The van der Waals surface area contributed by atoms with Gasteiger partial charge >= 0.3 is 0 Å². The van der Waals surface area contributed by atoms with E-state index in [1.54, 1.807) is 6.07 Å².